The molecule has 0 radical (unpaired) electrons. The van der Waals surface area contributed by atoms with E-state index in [4.69, 9.17) is 5.73 Å². The summed E-state index contributed by atoms with van der Waals surface area (Å²) in [4.78, 5) is 11.6. The average molecular weight is 186 g/mol. The third-order valence-electron chi connectivity index (χ3n) is 2.18. The average Bonchev–Trinajstić information content (AvgIpc) is 2.09. The van der Waals surface area contributed by atoms with Crippen molar-refractivity contribution in [3.8, 4) is 0 Å². The van der Waals surface area contributed by atoms with E-state index in [2.05, 4.69) is 26.1 Å². The van der Waals surface area contributed by atoms with Crippen molar-refractivity contribution in [2.45, 2.75) is 33.6 Å². The van der Waals surface area contributed by atoms with Crippen molar-refractivity contribution >= 4 is 5.91 Å². The van der Waals surface area contributed by atoms with Gasteiger partial charge in [-0.15, -0.1) is 0 Å². The summed E-state index contributed by atoms with van der Waals surface area (Å²) in [6.45, 7) is 7.38. The van der Waals surface area contributed by atoms with Crippen LogP contribution in [0.25, 0.3) is 0 Å². The van der Waals surface area contributed by atoms with Crippen LogP contribution in [0.2, 0.25) is 0 Å². The van der Waals surface area contributed by atoms with Crippen molar-refractivity contribution in [1.29, 1.82) is 0 Å². The Morgan fingerprint density at radius 2 is 2.08 bits per heavy atom. The van der Waals surface area contributed by atoms with Gasteiger partial charge < -0.3 is 11.1 Å². The molecule has 1 atom stereocenters. The second-order valence-electron chi connectivity index (χ2n) is 3.72. The van der Waals surface area contributed by atoms with Gasteiger partial charge in [-0.3, -0.25) is 4.79 Å². The molecule has 0 aliphatic carbocycles. The third kappa shape index (κ3) is 4.88. The second kappa shape index (κ2) is 6.89. The smallest absolute Gasteiger partial charge is 0.223 e. The molecule has 0 saturated carbocycles. The summed E-state index contributed by atoms with van der Waals surface area (Å²) in [6, 6.07) is 0. The van der Waals surface area contributed by atoms with Crippen LogP contribution in [-0.2, 0) is 4.79 Å². The highest BCUT2D eigenvalue weighted by Gasteiger charge is 2.20. The predicted octanol–water partition coefficient (Wildman–Crippen LogP) is 1.13. The molecule has 0 saturated heterocycles. The Morgan fingerprint density at radius 3 is 2.46 bits per heavy atom. The molecule has 0 aromatic heterocycles. The first-order chi connectivity index (χ1) is 6.13. The minimum atomic E-state index is 0.150. The summed E-state index contributed by atoms with van der Waals surface area (Å²) >= 11 is 0. The molecule has 1 amide bonds. The Hall–Kier alpha value is -0.570. The van der Waals surface area contributed by atoms with E-state index in [1.807, 2.05) is 0 Å². The van der Waals surface area contributed by atoms with E-state index in [0.717, 1.165) is 12.8 Å². The van der Waals surface area contributed by atoms with Crippen molar-refractivity contribution in [3.63, 3.8) is 0 Å². The van der Waals surface area contributed by atoms with Gasteiger partial charge in [-0.05, 0) is 12.3 Å². The van der Waals surface area contributed by atoms with Crippen molar-refractivity contribution in [2.75, 3.05) is 13.1 Å². The molecule has 0 aromatic rings. The largest absolute Gasteiger partial charge is 0.355 e. The molecule has 0 aliphatic rings. The first-order valence-electron chi connectivity index (χ1n) is 5.11. The van der Waals surface area contributed by atoms with E-state index < -0.39 is 0 Å². The van der Waals surface area contributed by atoms with E-state index in [-0.39, 0.29) is 11.8 Å². The van der Waals surface area contributed by atoms with Crippen LogP contribution in [0.3, 0.4) is 0 Å². The molecule has 0 rings (SSSR count). The van der Waals surface area contributed by atoms with Crippen LogP contribution in [0.4, 0.5) is 0 Å². The van der Waals surface area contributed by atoms with Gasteiger partial charge in [0.25, 0.3) is 0 Å². The number of rotatable bonds is 6. The zero-order valence-corrected chi connectivity index (χ0v) is 8.97. The summed E-state index contributed by atoms with van der Waals surface area (Å²) in [5.41, 5.74) is 5.31. The molecule has 13 heavy (non-hydrogen) atoms. The van der Waals surface area contributed by atoms with E-state index >= 15 is 0 Å². The van der Waals surface area contributed by atoms with Crippen LogP contribution >= 0.6 is 0 Å². The number of carbonyl (C=O) groups excluding carboxylic acids is 1. The molecule has 0 bridgehead atoms. The van der Waals surface area contributed by atoms with Gasteiger partial charge in [-0.1, -0.05) is 27.2 Å². The van der Waals surface area contributed by atoms with Gasteiger partial charge in [-0.2, -0.15) is 0 Å². The highest BCUT2D eigenvalue weighted by atomic mass is 16.1. The Balaban J connectivity index is 3.96. The van der Waals surface area contributed by atoms with Crippen LogP contribution in [0, 0.1) is 11.8 Å². The maximum atomic E-state index is 11.6. The van der Waals surface area contributed by atoms with E-state index in [0.29, 0.717) is 19.0 Å². The fourth-order valence-electron chi connectivity index (χ4n) is 1.40. The van der Waals surface area contributed by atoms with Gasteiger partial charge in [0.2, 0.25) is 5.91 Å². The van der Waals surface area contributed by atoms with E-state index in [1.54, 1.807) is 0 Å². The SMILES string of the molecule is CCCC(C(=O)NCCN)C(C)C. The van der Waals surface area contributed by atoms with Gasteiger partial charge in [0.15, 0.2) is 0 Å². The first kappa shape index (κ1) is 12.4. The van der Waals surface area contributed by atoms with Crippen LogP contribution in [0.1, 0.15) is 33.6 Å². The summed E-state index contributed by atoms with van der Waals surface area (Å²) in [5.74, 6) is 0.719. The highest BCUT2D eigenvalue weighted by Crippen LogP contribution is 2.16. The molecule has 0 aliphatic heterocycles. The van der Waals surface area contributed by atoms with Gasteiger partial charge in [-0.25, -0.2) is 0 Å². The zero-order chi connectivity index (χ0) is 10.3. The second-order valence-corrected chi connectivity index (χ2v) is 3.72. The van der Waals surface area contributed by atoms with Crippen LogP contribution < -0.4 is 11.1 Å². The number of amides is 1. The standard InChI is InChI=1S/C10H22N2O/c1-4-5-9(8(2)3)10(13)12-7-6-11/h8-9H,4-7,11H2,1-3H3,(H,12,13). The number of hydrogen-bond donors (Lipinski definition) is 2. The van der Waals surface area contributed by atoms with Gasteiger partial charge in [0.1, 0.15) is 0 Å². The lowest BCUT2D eigenvalue weighted by Crippen LogP contribution is -2.36. The van der Waals surface area contributed by atoms with Crippen molar-refractivity contribution in [2.24, 2.45) is 17.6 Å². The maximum absolute atomic E-state index is 11.6. The monoisotopic (exact) mass is 186 g/mol. The first-order valence-corrected chi connectivity index (χ1v) is 5.11. The van der Waals surface area contributed by atoms with Crippen LogP contribution in [-0.4, -0.2) is 19.0 Å². The fourth-order valence-corrected chi connectivity index (χ4v) is 1.40. The van der Waals surface area contributed by atoms with Crippen molar-refractivity contribution in [1.82, 2.24) is 5.32 Å². The fraction of sp³-hybridized carbons (Fsp3) is 0.900. The van der Waals surface area contributed by atoms with E-state index in [9.17, 15) is 4.79 Å². The number of carbonyl (C=O) groups is 1. The summed E-state index contributed by atoms with van der Waals surface area (Å²) < 4.78 is 0. The summed E-state index contributed by atoms with van der Waals surface area (Å²) in [5, 5.41) is 2.83. The minimum absolute atomic E-state index is 0.150. The Morgan fingerprint density at radius 1 is 1.46 bits per heavy atom. The minimum Gasteiger partial charge on any atom is -0.355 e. The molecular weight excluding hydrogens is 164 g/mol. The van der Waals surface area contributed by atoms with Gasteiger partial charge >= 0.3 is 0 Å². The lowest BCUT2D eigenvalue weighted by atomic mass is 9.90. The summed E-state index contributed by atoms with van der Waals surface area (Å²) in [6.07, 6.45) is 2.02. The lowest BCUT2D eigenvalue weighted by molar-refractivity contribution is -0.126. The molecule has 1 unspecified atom stereocenters. The highest BCUT2D eigenvalue weighted by molar-refractivity contribution is 5.78. The molecule has 3 nitrogen and oxygen atoms in total. The Bertz CT molecular complexity index is 146. The number of nitrogens with one attached hydrogen (secondary N) is 1. The Labute approximate surface area is 81.1 Å². The quantitative estimate of drug-likeness (QED) is 0.653. The molecular formula is C10H22N2O. The van der Waals surface area contributed by atoms with Gasteiger partial charge in [0.05, 0.1) is 0 Å². The van der Waals surface area contributed by atoms with Crippen LogP contribution in [0.15, 0.2) is 0 Å². The lowest BCUT2D eigenvalue weighted by Gasteiger charge is -2.19. The zero-order valence-electron chi connectivity index (χ0n) is 8.97. The molecule has 3 N–H and O–H groups in total. The molecule has 78 valence electrons. The van der Waals surface area contributed by atoms with Crippen LogP contribution in [0.5, 0.6) is 0 Å². The molecule has 0 aromatic carbocycles. The Kier molecular flexibility index (Phi) is 6.59. The molecule has 0 fully saturated rings. The van der Waals surface area contributed by atoms with Gasteiger partial charge in [0, 0.05) is 19.0 Å². The predicted molar refractivity (Wildman–Crippen MR) is 55.3 cm³/mol. The maximum Gasteiger partial charge on any atom is 0.223 e. The topological polar surface area (TPSA) is 55.1 Å². The van der Waals surface area contributed by atoms with Crippen molar-refractivity contribution < 1.29 is 4.79 Å². The van der Waals surface area contributed by atoms with E-state index in [1.165, 1.54) is 0 Å². The third-order valence-corrected chi connectivity index (χ3v) is 2.18. The molecule has 0 spiro atoms. The molecule has 0 heterocycles. The number of hydrogen-bond acceptors (Lipinski definition) is 2. The normalized spacial score (nSPS) is 13.0. The number of nitrogens with two attached hydrogens (primary N) is 1. The summed E-state index contributed by atoms with van der Waals surface area (Å²) in [7, 11) is 0. The molecule has 3 heteroatoms. The van der Waals surface area contributed by atoms with Crippen molar-refractivity contribution in [3.05, 3.63) is 0 Å².